The lowest BCUT2D eigenvalue weighted by molar-refractivity contribution is -0.167. The van der Waals surface area contributed by atoms with Crippen LogP contribution in [0.25, 0.3) is 0 Å². The third kappa shape index (κ3) is 49.3. The molecule has 0 radical (unpaired) electrons. The molecule has 0 aliphatic heterocycles. The van der Waals surface area contributed by atoms with Crippen LogP contribution in [0.1, 0.15) is 310 Å². The Morgan fingerprint density at radius 2 is 0.541 bits per heavy atom. The van der Waals surface area contributed by atoms with E-state index in [1.807, 2.05) is 0 Å². The topological polar surface area (TPSA) is 78.9 Å². The van der Waals surface area contributed by atoms with E-state index in [4.69, 9.17) is 14.2 Å². The van der Waals surface area contributed by atoms with Crippen molar-refractivity contribution in [3.8, 4) is 0 Å². The average molecular weight is 863 g/mol. The molecule has 61 heavy (non-hydrogen) atoms. The van der Waals surface area contributed by atoms with Gasteiger partial charge in [-0.3, -0.25) is 14.4 Å². The fourth-order valence-electron chi connectivity index (χ4n) is 8.39. The Hall–Kier alpha value is -1.59. The predicted octanol–water partition coefficient (Wildman–Crippen LogP) is 17.8. The zero-order valence-corrected chi connectivity index (χ0v) is 41.6. The zero-order valence-electron chi connectivity index (χ0n) is 41.6. The summed E-state index contributed by atoms with van der Waals surface area (Å²) in [6.45, 7) is 9.03. The van der Waals surface area contributed by atoms with Gasteiger partial charge in [0.2, 0.25) is 0 Å². The quantitative estimate of drug-likeness (QED) is 0.0344. The first kappa shape index (κ1) is 59.4. The van der Waals surface area contributed by atoms with Crippen LogP contribution < -0.4 is 0 Å². The van der Waals surface area contributed by atoms with Gasteiger partial charge in [-0.2, -0.15) is 0 Å². The summed E-state index contributed by atoms with van der Waals surface area (Å²) < 4.78 is 16.8. The van der Waals surface area contributed by atoms with Crippen molar-refractivity contribution in [2.45, 2.75) is 316 Å². The highest BCUT2D eigenvalue weighted by Gasteiger charge is 2.19. The summed E-state index contributed by atoms with van der Waals surface area (Å²) in [5.41, 5.74) is 0. The second kappa shape index (κ2) is 49.4. The fraction of sp³-hybridized carbons (Fsp3) is 0.945. The van der Waals surface area contributed by atoms with Gasteiger partial charge in [0.05, 0.1) is 0 Å². The molecular weight excluding hydrogens is 757 g/mol. The maximum absolute atomic E-state index is 12.8. The molecule has 0 unspecified atom stereocenters. The molecule has 0 amide bonds. The number of carbonyl (C=O) groups is 3. The molecule has 0 bridgehead atoms. The molecule has 0 N–H and O–H groups in total. The number of ether oxygens (including phenoxy) is 3. The van der Waals surface area contributed by atoms with E-state index >= 15 is 0 Å². The lowest BCUT2D eigenvalue weighted by Gasteiger charge is -2.18. The molecule has 0 fully saturated rings. The molecule has 1 atom stereocenters. The van der Waals surface area contributed by atoms with Crippen molar-refractivity contribution in [3.63, 3.8) is 0 Å². The Balaban J connectivity index is 4.28. The lowest BCUT2D eigenvalue weighted by atomic mass is 10.0. The second-order valence-corrected chi connectivity index (χ2v) is 19.3. The predicted molar refractivity (Wildman–Crippen MR) is 261 cm³/mol. The summed E-state index contributed by atoms with van der Waals surface area (Å²) in [5.74, 6) is -0.0244. The highest BCUT2D eigenvalue weighted by atomic mass is 16.6. The van der Waals surface area contributed by atoms with Gasteiger partial charge in [0.1, 0.15) is 13.2 Å². The average Bonchev–Trinajstić information content (AvgIpc) is 3.24. The van der Waals surface area contributed by atoms with Crippen LogP contribution in [0.4, 0.5) is 0 Å². The maximum Gasteiger partial charge on any atom is 0.306 e. The van der Waals surface area contributed by atoms with Gasteiger partial charge in [0.25, 0.3) is 0 Å². The molecule has 0 aliphatic carbocycles. The maximum atomic E-state index is 12.8. The van der Waals surface area contributed by atoms with E-state index in [1.165, 1.54) is 205 Å². The lowest BCUT2D eigenvalue weighted by Crippen LogP contribution is -2.30. The van der Waals surface area contributed by atoms with Crippen molar-refractivity contribution in [2.24, 2.45) is 5.92 Å². The second-order valence-electron chi connectivity index (χ2n) is 19.3. The Kier molecular flexibility index (Phi) is 48.1. The van der Waals surface area contributed by atoms with Crippen molar-refractivity contribution in [1.82, 2.24) is 0 Å². The van der Waals surface area contributed by atoms with Gasteiger partial charge in [-0.25, -0.2) is 0 Å². The Labute approximate surface area is 380 Å². The van der Waals surface area contributed by atoms with E-state index in [9.17, 15) is 14.4 Å². The highest BCUT2D eigenvalue weighted by Crippen LogP contribution is 2.17. The Bertz CT molecular complexity index is 918. The highest BCUT2D eigenvalue weighted by molar-refractivity contribution is 5.71. The third-order valence-electron chi connectivity index (χ3n) is 12.5. The fourth-order valence-corrected chi connectivity index (χ4v) is 8.39. The third-order valence-corrected chi connectivity index (χ3v) is 12.5. The molecule has 0 aromatic rings. The molecule has 0 aromatic carbocycles. The first-order valence-electron chi connectivity index (χ1n) is 27.4. The van der Waals surface area contributed by atoms with E-state index < -0.39 is 6.10 Å². The standard InChI is InChI=1S/C55H106O6/c1-5-7-9-11-13-15-17-19-20-21-22-24-26-31-35-39-43-47-54(57)60-50-52(61-55(58)48-44-40-36-32-28-27-29-33-37-41-45-51(3)4)49-59-53(56)46-42-38-34-30-25-23-18-16-14-12-10-8-6-2/h51-52H,5-50H2,1-4H3/t52-/m1/s1. The minimum Gasteiger partial charge on any atom is -0.462 e. The van der Waals surface area contributed by atoms with Crippen molar-refractivity contribution in [2.75, 3.05) is 13.2 Å². The first-order valence-corrected chi connectivity index (χ1v) is 27.4. The molecular formula is C55H106O6. The zero-order chi connectivity index (χ0) is 44.5. The molecule has 0 saturated carbocycles. The number of rotatable bonds is 50. The minimum absolute atomic E-state index is 0.0625. The summed E-state index contributed by atoms with van der Waals surface area (Å²) in [6, 6.07) is 0. The van der Waals surface area contributed by atoms with Gasteiger partial charge in [0, 0.05) is 19.3 Å². The van der Waals surface area contributed by atoms with E-state index in [0.29, 0.717) is 19.3 Å². The van der Waals surface area contributed by atoms with Crippen LogP contribution in [0.2, 0.25) is 0 Å². The monoisotopic (exact) mass is 863 g/mol. The molecule has 0 aliphatic rings. The van der Waals surface area contributed by atoms with E-state index in [-0.39, 0.29) is 31.1 Å². The van der Waals surface area contributed by atoms with Crippen LogP contribution in [0.3, 0.4) is 0 Å². The van der Waals surface area contributed by atoms with Gasteiger partial charge >= 0.3 is 17.9 Å². The van der Waals surface area contributed by atoms with E-state index in [0.717, 1.165) is 63.7 Å². The van der Waals surface area contributed by atoms with E-state index in [2.05, 4.69) is 27.7 Å². The summed E-state index contributed by atoms with van der Waals surface area (Å²) in [7, 11) is 0. The van der Waals surface area contributed by atoms with E-state index in [1.54, 1.807) is 0 Å². The van der Waals surface area contributed by atoms with Crippen LogP contribution in [0, 0.1) is 5.92 Å². The summed E-state index contributed by atoms with van der Waals surface area (Å²) >= 11 is 0. The number of hydrogen-bond acceptors (Lipinski definition) is 6. The molecule has 0 spiro atoms. The summed E-state index contributed by atoms with van der Waals surface area (Å²) in [4.78, 5) is 38.0. The summed E-state index contributed by atoms with van der Waals surface area (Å²) in [5, 5.41) is 0. The number of unbranched alkanes of at least 4 members (excludes halogenated alkanes) is 37. The van der Waals surface area contributed by atoms with Crippen molar-refractivity contribution in [3.05, 3.63) is 0 Å². The van der Waals surface area contributed by atoms with Crippen LogP contribution in [0.15, 0.2) is 0 Å². The molecule has 362 valence electrons. The minimum atomic E-state index is -0.761. The largest absolute Gasteiger partial charge is 0.462 e. The van der Waals surface area contributed by atoms with Gasteiger partial charge in [-0.1, -0.05) is 272 Å². The van der Waals surface area contributed by atoms with Crippen LogP contribution in [-0.2, 0) is 28.6 Å². The SMILES string of the molecule is CCCCCCCCCCCCCCCCCCCC(=O)OC[C@@H](COC(=O)CCCCCCCCCCCCCCC)OC(=O)CCCCCCCCCCCCC(C)C. The Morgan fingerprint density at radius 1 is 0.311 bits per heavy atom. The van der Waals surface area contributed by atoms with Gasteiger partial charge in [-0.15, -0.1) is 0 Å². The van der Waals surface area contributed by atoms with Crippen molar-refractivity contribution >= 4 is 17.9 Å². The van der Waals surface area contributed by atoms with Crippen LogP contribution in [0.5, 0.6) is 0 Å². The van der Waals surface area contributed by atoms with Crippen molar-refractivity contribution < 1.29 is 28.6 Å². The molecule has 6 heteroatoms. The van der Waals surface area contributed by atoms with Crippen LogP contribution >= 0.6 is 0 Å². The van der Waals surface area contributed by atoms with Crippen molar-refractivity contribution in [1.29, 1.82) is 0 Å². The summed E-state index contributed by atoms with van der Waals surface area (Å²) in [6.07, 6.45) is 52.3. The Morgan fingerprint density at radius 3 is 0.803 bits per heavy atom. The molecule has 0 rings (SSSR count). The molecule has 0 saturated heterocycles. The number of hydrogen-bond donors (Lipinski definition) is 0. The molecule has 0 heterocycles. The molecule has 0 aromatic heterocycles. The smallest absolute Gasteiger partial charge is 0.306 e. The number of carbonyl (C=O) groups excluding carboxylic acids is 3. The van der Waals surface area contributed by atoms with Crippen LogP contribution in [-0.4, -0.2) is 37.2 Å². The van der Waals surface area contributed by atoms with Gasteiger partial charge < -0.3 is 14.2 Å². The number of esters is 3. The normalized spacial score (nSPS) is 12.0. The van der Waals surface area contributed by atoms with Gasteiger partial charge in [-0.05, 0) is 25.2 Å². The molecule has 6 nitrogen and oxygen atoms in total. The first-order chi connectivity index (χ1) is 29.9. The van der Waals surface area contributed by atoms with Gasteiger partial charge in [0.15, 0.2) is 6.10 Å².